The van der Waals surface area contributed by atoms with Crippen molar-refractivity contribution in [2.75, 3.05) is 30.9 Å². The third-order valence-electron chi connectivity index (χ3n) is 5.04. The molecule has 128 valence electrons. The Morgan fingerprint density at radius 1 is 1.00 bits per heavy atom. The second kappa shape index (κ2) is 5.96. The Morgan fingerprint density at radius 3 is 2.44 bits per heavy atom. The molecule has 0 amide bonds. The molecule has 4 nitrogen and oxygen atoms in total. The molecule has 3 aromatic rings. The zero-order valence-corrected chi connectivity index (χ0v) is 15.3. The highest BCUT2D eigenvalue weighted by Crippen LogP contribution is 2.35. The van der Waals surface area contributed by atoms with Crippen LogP contribution in [-0.2, 0) is 6.42 Å². The number of anilines is 2. The van der Waals surface area contributed by atoms with E-state index in [-0.39, 0.29) is 0 Å². The first-order valence-corrected chi connectivity index (χ1v) is 8.76. The van der Waals surface area contributed by atoms with Gasteiger partial charge in [0.15, 0.2) is 0 Å². The number of aryl methyl sites for hydroxylation is 2. The Bertz CT molecular complexity index is 920. The third kappa shape index (κ3) is 2.68. The van der Waals surface area contributed by atoms with Gasteiger partial charge in [-0.05, 0) is 55.7 Å². The van der Waals surface area contributed by atoms with Crippen LogP contribution in [0.15, 0.2) is 42.5 Å². The summed E-state index contributed by atoms with van der Waals surface area (Å²) in [6.07, 6.45) is 1.02. The van der Waals surface area contributed by atoms with E-state index in [0.29, 0.717) is 0 Å². The highest BCUT2D eigenvalue weighted by Gasteiger charge is 2.24. The van der Waals surface area contributed by atoms with Crippen LogP contribution in [0.3, 0.4) is 0 Å². The quantitative estimate of drug-likeness (QED) is 0.781. The van der Waals surface area contributed by atoms with Gasteiger partial charge in [-0.3, -0.25) is 0 Å². The maximum atomic E-state index is 4.96. The fourth-order valence-corrected chi connectivity index (χ4v) is 3.37. The average molecular weight is 332 g/mol. The van der Waals surface area contributed by atoms with Crippen LogP contribution in [0.5, 0.6) is 0 Å². The van der Waals surface area contributed by atoms with E-state index in [2.05, 4.69) is 85.3 Å². The summed E-state index contributed by atoms with van der Waals surface area (Å²) in [5.74, 6) is 1.13. The second-order valence-corrected chi connectivity index (χ2v) is 6.97. The monoisotopic (exact) mass is 332 g/mol. The first-order valence-electron chi connectivity index (χ1n) is 8.76. The van der Waals surface area contributed by atoms with Gasteiger partial charge in [-0.15, -0.1) is 0 Å². The zero-order chi connectivity index (χ0) is 17.6. The molecule has 2 aromatic carbocycles. The first kappa shape index (κ1) is 15.8. The van der Waals surface area contributed by atoms with E-state index >= 15 is 0 Å². The molecule has 1 N–H and O–H groups in total. The largest absolute Gasteiger partial charge is 0.378 e. The molecular formula is C21H24N4. The van der Waals surface area contributed by atoms with Crippen molar-refractivity contribution in [1.82, 2.24) is 9.78 Å². The van der Waals surface area contributed by atoms with Crippen molar-refractivity contribution in [3.63, 3.8) is 0 Å². The van der Waals surface area contributed by atoms with Crippen LogP contribution >= 0.6 is 0 Å². The van der Waals surface area contributed by atoms with Gasteiger partial charge in [0.2, 0.25) is 0 Å². The highest BCUT2D eigenvalue weighted by molar-refractivity contribution is 5.74. The molecule has 25 heavy (non-hydrogen) atoms. The predicted octanol–water partition coefficient (Wildman–Crippen LogP) is 4.19. The molecule has 1 aliphatic rings. The Hall–Kier alpha value is -2.75. The topological polar surface area (TPSA) is 33.1 Å². The lowest BCUT2D eigenvalue weighted by atomic mass is 10.1. The van der Waals surface area contributed by atoms with Gasteiger partial charge in [0.25, 0.3) is 0 Å². The summed E-state index contributed by atoms with van der Waals surface area (Å²) in [7, 11) is 4.12. The molecule has 1 aromatic heterocycles. The van der Waals surface area contributed by atoms with E-state index in [0.717, 1.165) is 30.2 Å². The Kier molecular flexibility index (Phi) is 3.75. The van der Waals surface area contributed by atoms with E-state index in [1.807, 2.05) is 0 Å². The van der Waals surface area contributed by atoms with Gasteiger partial charge in [-0.1, -0.05) is 18.2 Å². The van der Waals surface area contributed by atoms with E-state index in [9.17, 15) is 0 Å². The molecule has 2 heterocycles. The lowest BCUT2D eigenvalue weighted by molar-refractivity contribution is 0.880. The van der Waals surface area contributed by atoms with Crippen molar-refractivity contribution in [2.24, 2.45) is 0 Å². The Balaban J connectivity index is 1.81. The fraction of sp³-hybridized carbons (Fsp3) is 0.286. The molecule has 0 saturated carbocycles. The van der Waals surface area contributed by atoms with Crippen molar-refractivity contribution in [1.29, 1.82) is 0 Å². The average Bonchev–Trinajstić information content (AvgIpc) is 3.20. The number of aromatic nitrogens is 2. The van der Waals surface area contributed by atoms with Crippen LogP contribution < -0.4 is 10.2 Å². The molecule has 4 heteroatoms. The zero-order valence-electron chi connectivity index (χ0n) is 15.3. The van der Waals surface area contributed by atoms with E-state index in [4.69, 9.17) is 5.10 Å². The minimum atomic E-state index is 0.973. The minimum Gasteiger partial charge on any atom is -0.378 e. The summed E-state index contributed by atoms with van der Waals surface area (Å²) in [6.45, 7) is 5.26. The lowest BCUT2D eigenvalue weighted by Crippen LogP contribution is -2.08. The number of hydrogen-bond donors (Lipinski definition) is 1. The smallest absolute Gasteiger partial charge is 0.133 e. The number of nitrogens with one attached hydrogen (secondary N) is 1. The standard InChI is InChI=1S/C21H24N4/c1-14-5-8-18(13-15(14)2)25-21-19(11-12-22-21)20(23-25)16-6-9-17(10-7-16)24(3)4/h5-10,13,22H,11-12H2,1-4H3. The third-order valence-corrected chi connectivity index (χ3v) is 5.04. The van der Waals surface area contributed by atoms with Gasteiger partial charge >= 0.3 is 0 Å². The summed E-state index contributed by atoms with van der Waals surface area (Å²) in [5.41, 5.74) is 8.49. The van der Waals surface area contributed by atoms with Gasteiger partial charge in [-0.2, -0.15) is 5.10 Å². The maximum Gasteiger partial charge on any atom is 0.133 e. The molecule has 1 aliphatic heterocycles. The summed E-state index contributed by atoms with van der Waals surface area (Å²) in [6, 6.07) is 15.2. The highest BCUT2D eigenvalue weighted by atomic mass is 15.3. The summed E-state index contributed by atoms with van der Waals surface area (Å²) in [4.78, 5) is 2.11. The van der Waals surface area contributed by atoms with Gasteiger partial charge in [0, 0.05) is 37.5 Å². The summed E-state index contributed by atoms with van der Waals surface area (Å²) in [5, 5.41) is 8.47. The number of hydrogen-bond acceptors (Lipinski definition) is 3. The molecule has 0 radical (unpaired) electrons. The van der Waals surface area contributed by atoms with Gasteiger partial charge in [-0.25, -0.2) is 4.68 Å². The summed E-state index contributed by atoms with van der Waals surface area (Å²) >= 11 is 0. The molecule has 0 aliphatic carbocycles. The predicted molar refractivity (Wildman–Crippen MR) is 105 cm³/mol. The van der Waals surface area contributed by atoms with Gasteiger partial charge < -0.3 is 10.2 Å². The molecule has 0 bridgehead atoms. The molecule has 4 rings (SSSR count). The Labute approximate surface area is 149 Å². The van der Waals surface area contributed by atoms with Crippen LogP contribution in [0.2, 0.25) is 0 Å². The number of fused-ring (bicyclic) bond motifs is 1. The maximum absolute atomic E-state index is 4.96. The number of rotatable bonds is 3. The number of benzene rings is 2. The van der Waals surface area contributed by atoms with E-state index in [1.54, 1.807) is 0 Å². The first-order chi connectivity index (χ1) is 12.0. The van der Waals surface area contributed by atoms with Crippen LogP contribution in [-0.4, -0.2) is 30.4 Å². The van der Waals surface area contributed by atoms with Crippen molar-refractivity contribution >= 4 is 11.5 Å². The Morgan fingerprint density at radius 2 is 1.76 bits per heavy atom. The van der Waals surface area contributed by atoms with E-state index in [1.165, 1.54) is 27.9 Å². The molecule has 0 unspecified atom stereocenters. The van der Waals surface area contributed by atoms with Gasteiger partial charge in [0.1, 0.15) is 5.82 Å². The van der Waals surface area contributed by atoms with Crippen molar-refractivity contribution in [2.45, 2.75) is 20.3 Å². The van der Waals surface area contributed by atoms with Gasteiger partial charge in [0.05, 0.1) is 11.4 Å². The molecule has 0 atom stereocenters. The molecule has 0 spiro atoms. The van der Waals surface area contributed by atoms with Crippen molar-refractivity contribution in [3.05, 3.63) is 59.2 Å². The minimum absolute atomic E-state index is 0.973. The molecule has 0 fully saturated rings. The SMILES string of the molecule is Cc1ccc(-n2nc(-c3ccc(N(C)C)cc3)c3c2NCC3)cc1C. The van der Waals surface area contributed by atoms with Crippen LogP contribution in [0, 0.1) is 13.8 Å². The van der Waals surface area contributed by atoms with Crippen LogP contribution in [0.1, 0.15) is 16.7 Å². The van der Waals surface area contributed by atoms with Crippen molar-refractivity contribution < 1.29 is 0 Å². The van der Waals surface area contributed by atoms with Crippen LogP contribution in [0.4, 0.5) is 11.5 Å². The van der Waals surface area contributed by atoms with Crippen LogP contribution in [0.25, 0.3) is 16.9 Å². The second-order valence-electron chi connectivity index (χ2n) is 6.97. The normalized spacial score (nSPS) is 12.8. The fourth-order valence-electron chi connectivity index (χ4n) is 3.37. The van der Waals surface area contributed by atoms with E-state index < -0.39 is 0 Å². The summed E-state index contributed by atoms with van der Waals surface area (Å²) < 4.78 is 2.06. The molecule has 0 saturated heterocycles. The molecular weight excluding hydrogens is 308 g/mol. The number of nitrogens with zero attached hydrogens (tertiary/aromatic N) is 3. The van der Waals surface area contributed by atoms with Crippen molar-refractivity contribution in [3.8, 4) is 16.9 Å². The lowest BCUT2D eigenvalue weighted by Gasteiger charge is -2.12.